The van der Waals surface area contributed by atoms with Crippen molar-refractivity contribution in [1.29, 1.82) is 0 Å². The summed E-state index contributed by atoms with van der Waals surface area (Å²) in [5.41, 5.74) is 2.36. The van der Waals surface area contributed by atoms with Crippen molar-refractivity contribution < 1.29 is 9.13 Å². The number of rotatable bonds is 10. The molecule has 1 N–H and O–H groups in total. The molecule has 146 valence electrons. The standard InChI is InChI=1S/C22H30FN3O/c1-24-22(26(2)18-20-10-12-21(23)13-11-20)25-15-6-7-16-27-17-14-19-8-4-3-5-9-19/h3-5,8-13H,6-7,14-18H2,1-2H3,(H,24,25). The highest BCUT2D eigenvalue weighted by molar-refractivity contribution is 5.79. The summed E-state index contributed by atoms with van der Waals surface area (Å²) in [5.74, 6) is 0.624. The van der Waals surface area contributed by atoms with Crippen LogP contribution in [0.1, 0.15) is 24.0 Å². The van der Waals surface area contributed by atoms with Crippen molar-refractivity contribution in [3.05, 3.63) is 71.5 Å². The van der Waals surface area contributed by atoms with E-state index in [0.717, 1.165) is 50.5 Å². The Kier molecular flexibility index (Phi) is 9.35. The number of halogens is 1. The predicted octanol–water partition coefficient (Wildman–Crippen LogP) is 3.87. The number of aliphatic imine (C=N–C) groups is 1. The van der Waals surface area contributed by atoms with E-state index in [-0.39, 0.29) is 5.82 Å². The molecule has 4 nitrogen and oxygen atoms in total. The zero-order valence-electron chi connectivity index (χ0n) is 16.3. The fourth-order valence-electron chi connectivity index (χ4n) is 2.79. The summed E-state index contributed by atoms with van der Waals surface area (Å²) in [7, 11) is 3.75. The van der Waals surface area contributed by atoms with Gasteiger partial charge in [-0.15, -0.1) is 0 Å². The van der Waals surface area contributed by atoms with Crippen LogP contribution in [0.5, 0.6) is 0 Å². The molecule has 0 amide bonds. The monoisotopic (exact) mass is 371 g/mol. The number of benzene rings is 2. The van der Waals surface area contributed by atoms with Gasteiger partial charge in [-0.2, -0.15) is 0 Å². The normalized spacial score (nSPS) is 11.4. The van der Waals surface area contributed by atoms with Crippen LogP contribution in [0.15, 0.2) is 59.6 Å². The molecule has 0 aliphatic rings. The summed E-state index contributed by atoms with van der Waals surface area (Å²) in [6, 6.07) is 17.0. The lowest BCUT2D eigenvalue weighted by molar-refractivity contribution is 0.133. The highest BCUT2D eigenvalue weighted by atomic mass is 19.1. The first-order valence-corrected chi connectivity index (χ1v) is 9.47. The van der Waals surface area contributed by atoms with Gasteiger partial charge in [0.2, 0.25) is 0 Å². The van der Waals surface area contributed by atoms with E-state index in [1.54, 1.807) is 19.2 Å². The Balaban J connectivity index is 1.55. The van der Waals surface area contributed by atoms with Crippen LogP contribution in [0.3, 0.4) is 0 Å². The summed E-state index contributed by atoms with van der Waals surface area (Å²) < 4.78 is 18.7. The van der Waals surface area contributed by atoms with Crippen molar-refractivity contribution in [2.75, 3.05) is 33.9 Å². The summed E-state index contributed by atoms with van der Waals surface area (Å²) >= 11 is 0. The molecule has 0 aliphatic heterocycles. The van der Waals surface area contributed by atoms with Crippen LogP contribution >= 0.6 is 0 Å². The van der Waals surface area contributed by atoms with Crippen LogP contribution in [-0.2, 0) is 17.7 Å². The minimum atomic E-state index is -0.213. The Morgan fingerprint density at radius 2 is 1.74 bits per heavy atom. The average Bonchev–Trinajstić information content (AvgIpc) is 2.69. The highest BCUT2D eigenvalue weighted by Gasteiger charge is 2.06. The molecule has 0 saturated heterocycles. The maximum Gasteiger partial charge on any atom is 0.193 e. The third-order valence-electron chi connectivity index (χ3n) is 4.28. The van der Waals surface area contributed by atoms with Crippen LogP contribution in [0.2, 0.25) is 0 Å². The van der Waals surface area contributed by atoms with Gasteiger partial charge >= 0.3 is 0 Å². The fraction of sp³-hybridized carbons (Fsp3) is 0.409. The van der Waals surface area contributed by atoms with Gasteiger partial charge in [-0.25, -0.2) is 4.39 Å². The number of hydrogen-bond donors (Lipinski definition) is 1. The van der Waals surface area contributed by atoms with Crippen LogP contribution in [-0.4, -0.2) is 44.7 Å². The molecular formula is C22H30FN3O. The minimum absolute atomic E-state index is 0.213. The van der Waals surface area contributed by atoms with Gasteiger partial charge in [-0.3, -0.25) is 4.99 Å². The van der Waals surface area contributed by atoms with E-state index in [9.17, 15) is 4.39 Å². The zero-order valence-corrected chi connectivity index (χ0v) is 16.3. The molecule has 2 rings (SSSR count). The third kappa shape index (κ3) is 8.22. The van der Waals surface area contributed by atoms with E-state index in [4.69, 9.17) is 4.74 Å². The quantitative estimate of drug-likeness (QED) is 0.391. The first kappa shape index (κ1) is 20.9. The van der Waals surface area contributed by atoms with E-state index in [2.05, 4.69) is 34.6 Å². The predicted molar refractivity (Wildman–Crippen MR) is 109 cm³/mol. The van der Waals surface area contributed by atoms with E-state index in [1.165, 1.54) is 17.7 Å². The number of hydrogen-bond acceptors (Lipinski definition) is 2. The second-order valence-electron chi connectivity index (χ2n) is 6.51. The largest absolute Gasteiger partial charge is 0.381 e. The SMILES string of the molecule is CN=C(NCCCCOCCc1ccccc1)N(C)Cc1ccc(F)cc1. The van der Waals surface area contributed by atoms with Gasteiger partial charge in [0, 0.05) is 33.8 Å². The summed E-state index contributed by atoms with van der Waals surface area (Å²) in [4.78, 5) is 6.34. The van der Waals surface area contributed by atoms with E-state index >= 15 is 0 Å². The first-order valence-electron chi connectivity index (χ1n) is 9.47. The molecule has 0 aliphatic carbocycles. The van der Waals surface area contributed by atoms with Gasteiger partial charge in [0.25, 0.3) is 0 Å². The Hall–Kier alpha value is -2.40. The van der Waals surface area contributed by atoms with E-state index in [1.807, 2.05) is 18.0 Å². The second kappa shape index (κ2) is 12.1. The molecule has 0 unspecified atom stereocenters. The Bertz CT molecular complexity index is 674. The van der Waals surface area contributed by atoms with Crippen molar-refractivity contribution in [3.8, 4) is 0 Å². The maximum atomic E-state index is 13.0. The van der Waals surface area contributed by atoms with Gasteiger partial charge in [-0.1, -0.05) is 42.5 Å². The number of ether oxygens (including phenoxy) is 1. The van der Waals surface area contributed by atoms with Crippen molar-refractivity contribution in [2.24, 2.45) is 4.99 Å². The molecule has 2 aromatic carbocycles. The smallest absolute Gasteiger partial charge is 0.193 e. The van der Waals surface area contributed by atoms with Gasteiger partial charge in [0.05, 0.1) is 6.61 Å². The number of guanidine groups is 1. The maximum absolute atomic E-state index is 13.0. The van der Waals surface area contributed by atoms with Crippen LogP contribution in [0, 0.1) is 5.82 Å². The van der Waals surface area contributed by atoms with Gasteiger partial charge < -0.3 is 15.0 Å². The lowest BCUT2D eigenvalue weighted by Crippen LogP contribution is -2.38. The van der Waals surface area contributed by atoms with E-state index in [0.29, 0.717) is 6.54 Å². The number of nitrogens with one attached hydrogen (secondary N) is 1. The van der Waals surface area contributed by atoms with Crippen molar-refractivity contribution in [1.82, 2.24) is 10.2 Å². The summed E-state index contributed by atoms with van der Waals surface area (Å²) in [6.45, 7) is 3.07. The van der Waals surface area contributed by atoms with E-state index < -0.39 is 0 Å². The molecule has 0 atom stereocenters. The van der Waals surface area contributed by atoms with Crippen molar-refractivity contribution in [3.63, 3.8) is 0 Å². The zero-order chi connectivity index (χ0) is 19.3. The fourth-order valence-corrected chi connectivity index (χ4v) is 2.79. The Morgan fingerprint density at radius 3 is 2.44 bits per heavy atom. The Morgan fingerprint density at radius 1 is 1.00 bits per heavy atom. The molecule has 0 saturated carbocycles. The molecule has 0 spiro atoms. The number of nitrogens with zero attached hydrogens (tertiary/aromatic N) is 2. The number of unbranched alkanes of at least 4 members (excludes halogenated alkanes) is 1. The van der Waals surface area contributed by atoms with Gasteiger partial charge in [0.15, 0.2) is 5.96 Å². The molecule has 0 radical (unpaired) electrons. The van der Waals surface area contributed by atoms with Crippen molar-refractivity contribution >= 4 is 5.96 Å². The van der Waals surface area contributed by atoms with Crippen LogP contribution in [0.4, 0.5) is 4.39 Å². The van der Waals surface area contributed by atoms with Gasteiger partial charge in [0.1, 0.15) is 5.82 Å². The average molecular weight is 372 g/mol. The molecule has 27 heavy (non-hydrogen) atoms. The van der Waals surface area contributed by atoms with Gasteiger partial charge in [-0.05, 0) is 42.5 Å². The summed E-state index contributed by atoms with van der Waals surface area (Å²) in [6.07, 6.45) is 3.00. The van der Waals surface area contributed by atoms with Crippen LogP contribution < -0.4 is 5.32 Å². The first-order chi connectivity index (χ1) is 13.2. The lowest BCUT2D eigenvalue weighted by atomic mass is 10.2. The molecular weight excluding hydrogens is 341 g/mol. The Labute approximate surface area is 162 Å². The topological polar surface area (TPSA) is 36.9 Å². The minimum Gasteiger partial charge on any atom is -0.381 e. The second-order valence-corrected chi connectivity index (χ2v) is 6.51. The van der Waals surface area contributed by atoms with Crippen LogP contribution in [0.25, 0.3) is 0 Å². The molecule has 0 heterocycles. The molecule has 0 bridgehead atoms. The van der Waals surface area contributed by atoms with Crippen molar-refractivity contribution in [2.45, 2.75) is 25.8 Å². The molecule has 0 aromatic heterocycles. The lowest BCUT2D eigenvalue weighted by Gasteiger charge is -2.22. The molecule has 2 aromatic rings. The summed E-state index contributed by atoms with van der Waals surface area (Å²) in [5, 5.41) is 3.36. The molecule has 5 heteroatoms. The third-order valence-corrected chi connectivity index (χ3v) is 4.28. The molecule has 0 fully saturated rings. The highest BCUT2D eigenvalue weighted by Crippen LogP contribution is 2.06.